The zero-order valence-electron chi connectivity index (χ0n) is 13.7. The first-order valence-electron chi connectivity index (χ1n) is 7.19. The molecule has 0 bridgehead atoms. The minimum atomic E-state index is -0.741. The van der Waals surface area contributed by atoms with Crippen molar-refractivity contribution in [3.63, 3.8) is 0 Å². The van der Waals surface area contributed by atoms with Crippen LogP contribution in [-0.4, -0.2) is 43.2 Å². The fraction of sp³-hybridized carbons (Fsp3) is 0.714. The van der Waals surface area contributed by atoms with E-state index in [-0.39, 0.29) is 12.3 Å². The van der Waals surface area contributed by atoms with E-state index in [2.05, 4.69) is 4.99 Å². The van der Waals surface area contributed by atoms with Gasteiger partial charge in [0.05, 0.1) is 17.8 Å². The quantitative estimate of drug-likeness (QED) is 0.472. The van der Waals surface area contributed by atoms with Crippen molar-refractivity contribution in [2.45, 2.75) is 52.7 Å². The molecular weight excluding hydrogens is 271 g/mol. The van der Waals surface area contributed by atoms with E-state index in [1.165, 1.54) is 6.20 Å². The van der Waals surface area contributed by atoms with Crippen molar-refractivity contribution in [2.75, 3.05) is 13.2 Å². The van der Waals surface area contributed by atoms with Gasteiger partial charge in [0.1, 0.15) is 5.71 Å². The summed E-state index contributed by atoms with van der Waals surface area (Å²) < 4.78 is 16.9. The first-order chi connectivity index (χ1) is 9.70. The summed E-state index contributed by atoms with van der Waals surface area (Å²) in [4.78, 5) is 16.2. The lowest BCUT2D eigenvalue weighted by Crippen LogP contribution is -2.41. The molecule has 0 spiro atoms. The molecule has 1 aliphatic heterocycles. The summed E-state index contributed by atoms with van der Waals surface area (Å²) in [6.45, 7) is 12.0. The minimum Gasteiger partial charge on any atom is -0.461 e. The van der Waals surface area contributed by atoms with Crippen LogP contribution in [0.15, 0.2) is 16.7 Å². The third kappa shape index (κ3) is 3.65. The van der Waals surface area contributed by atoms with Gasteiger partial charge in [-0.25, -0.2) is 4.79 Å². The fourth-order valence-electron chi connectivity index (χ4n) is 1.87. The number of nitrogens with zero attached hydrogens (tertiary/aromatic N) is 1. The van der Waals surface area contributed by atoms with Crippen LogP contribution in [0.5, 0.6) is 0 Å². The molecule has 1 heterocycles. The average molecular weight is 296 g/mol. The Labute approximate surface area is 126 Å². The summed E-state index contributed by atoms with van der Waals surface area (Å²) >= 11 is 0. The molecule has 0 aliphatic carbocycles. The van der Waals surface area contributed by atoms with E-state index in [1.54, 1.807) is 6.92 Å². The second kappa shape index (κ2) is 6.62. The molecule has 0 aromatic carbocycles. The Hall–Kier alpha value is -1.34. The number of carbonyl (C=O) groups excluding carboxylic acids is 1. The maximum absolute atomic E-state index is 12.1. The molecule has 0 radical (unpaired) electrons. The third-order valence-electron chi connectivity index (χ3n) is 3.75. The van der Waals surface area contributed by atoms with E-state index >= 15 is 0 Å². The van der Waals surface area contributed by atoms with Crippen LogP contribution in [0.25, 0.3) is 0 Å². The van der Waals surface area contributed by atoms with Gasteiger partial charge in [0.15, 0.2) is 0 Å². The molecule has 0 aromatic heterocycles. The first-order valence-corrected chi connectivity index (χ1v) is 7.19. The van der Waals surface area contributed by atoms with Gasteiger partial charge in [-0.1, -0.05) is 0 Å². The molecule has 0 atom stereocenters. The molecule has 21 heavy (non-hydrogen) atoms. The number of nitrogens with two attached hydrogens (primary N) is 1. The van der Waals surface area contributed by atoms with Gasteiger partial charge >= 0.3 is 13.1 Å². The molecule has 1 aliphatic rings. The van der Waals surface area contributed by atoms with Gasteiger partial charge in [0, 0.05) is 12.0 Å². The number of aliphatic imine (C=N–C) groups is 1. The zero-order chi connectivity index (χ0) is 16.3. The molecule has 0 unspecified atom stereocenters. The Bertz CT molecular complexity index is 442. The smallest absolute Gasteiger partial charge is 0.461 e. The van der Waals surface area contributed by atoms with Gasteiger partial charge in [-0.2, -0.15) is 0 Å². The highest BCUT2D eigenvalue weighted by Crippen LogP contribution is 2.38. The van der Waals surface area contributed by atoms with Crippen LogP contribution in [0.2, 0.25) is 0 Å². The lowest BCUT2D eigenvalue weighted by atomic mass is 9.75. The van der Waals surface area contributed by atoms with Crippen molar-refractivity contribution in [1.29, 1.82) is 0 Å². The summed E-state index contributed by atoms with van der Waals surface area (Å²) in [6, 6.07) is 0. The molecular formula is C14H25BN2O4. The van der Waals surface area contributed by atoms with Gasteiger partial charge in [0.25, 0.3) is 0 Å². The standard InChI is InChI=1S/C14H25BN2O4/c1-7-17-11(12(18)19-8-2)10(9-16)15-20-13(3,4)14(5,6)21-15/h9H,7-8,16H2,1-6H3. The number of rotatable bonds is 5. The van der Waals surface area contributed by atoms with Crippen molar-refractivity contribution in [3.05, 3.63) is 11.7 Å². The van der Waals surface area contributed by atoms with Gasteiger partial charge in [0.2, 0.25) is 0 Å². The summed E-state index contributed by atoms with van der Waals surface area (Å²) in [5.74, 6) is -0.522. The highest BCUT2D eigenvalue weighted by molar-refractivity contribution is 6.69. The number of carbonyl (C=O) groups is 1. The van der Waals surface area contributed by atoms with Gasteiger partial charge < -0.3 is 19.8 Å². The van der Waals surface area contributed by atoms with Crippen LogP contribution in [-0.2, 0) is 18.8 Å². The van der Waals surface area contributed by atoms with E-state index in [4.69, 9.17) is 19.8 Å². The topological polar surface area (TPSA) is 83.1 Å². The average Bonchev–Trinajstić information content (AvgIpc) is 2.58. The second-order valence-corrected chi connectivity index (χ2v) is 5.75. The maximum atomic E-state index is 12.1. The fourth-order valence-corrected chi connectivity index (χ4v) is 1.87. The molecule has 1 rings (SSSR count). The highest BCUT2D eigenvalue weighted by atomic mass is 16.7. The molecule has 0 saturated carbocycles. The van der Waals surface area contributed by atoms with E-state index in [0.29, 0.717) is 12.0 Å². The van der Waals surface area contributed by atoms with Gasteiger partial charge in [-0.05, 0) is 47.7 Å². The Morgan fingerprint density at radius 2 is 1.76 bits per heavy atom. The Kier molecular flexibility index (Phi) is 5.58. The van der Waals surface area contributed by atoms with Crippen LogP contribution < -0.4 is 5.73 Å². The predicted molar refractivity (Wildman–Crippen MR) is 83.0 cm³/mol. The monoisotopic (exact) mass is 296 g/mol. The SMILES string of the molecule is CCN=C(C(=O)OCC)C(=CN)B1OC(C)(C)C(C)(C)O1. The molecule has 0 amide bonds. The van der Waals surface area contributed by atoms with Crippen LogP contribution in [0.1, 0.15) is 41.5 Å². The van der Waals surface area contributed by atoms with Crippen LogP contribution in [0.3, 0.4) is 0 Å². The van der Waals surface area contributed by atoms with Crippen molar-refractivity contribution in [1.82, 2.24) is 0 Å². The number of hydrogen-bond acceptors (Lipinski definition) is 6. The molecule has 1 fully saturated rings. The Balaban J connectivity index is 3.08. The van der Waals surface area contributed by atoms with E-state index < -0.39 is 24.3 Å². The first kappa shape index (κ1) is 17.7. The molecule has 1 saturated heterocycles. The molecule has 118 valence electrons. The molecule has 0 aromatic rings. The third-order valence-corrected chi connectivity index (χ3v) is 3.75. The Morgan fingerprint density at radius 3 is 2.14 bits per heavy atom. The van der Waals surface area contributed by atoms with Crippen molar-refractivity contribution in [3.8, 4) is 0 Å². The van der Waals surface area contributed by atoms with E-state index in [0.717, 1.165) is 0 Å². The molecule has 7 heteroatoms. The van der Waals surface area contributed by atoms with E-state index in [1.807, 2.05) is 34.6 Å². The minimum absolute atomic E-state index is 0.153. The number of hydrogen-bond donors (Lipinski definition) is 1. The van der Waals surface area contributed by atoms with Gasteiger partial charge in [-0.3, -0.25) is 4.99 Å². The lowest BCUT2D eigenvalue weighted by Gasteiger charge is -2.32. The van der Waals surface area contributed by atoms with Crippen LogP contribution in [0.4, 0.5) is 0 Å². The van der Waals surface area contributed by atoms with Crippen molar-refractivity contribution in [2.24, 2.45) is 10.7 Å². The zero-order valence-corrected chi connectivity index (χ0v) is 13.7. The van der Waals surface area contributed by atoms with Crippen molar-refractivity contribution >= 4 is 18.8 Å². The van der Waals surface area contributed by atoms with E-state index in [9.17, 15) is 4.79 Å². The second-order valence-electron chi connectivity index (χ2n) is 5.75. The van der Waals surface area contributed by atoms with Gasteiger partial charge in [-0.15, -0.1) is 0 Å². The number of ether oxygens (including phenoxy) is 1. The highest BCUT2D eigenvalue weighted by Gasteiger charge is 2.53. The molecule has 6 nitrogen and oxygen atoms in total. The lowest BCUT2D eigenvalue weighted by molar-refractivity contribution is -0.134. The summed E-state index contributed by atoms with van der Waals surface area (Å²) in [5, 5.41) is 0. The Morgan fingerprint density at radius 1 is 1.24 bits per heavy atom. The largest absolute Gasteiger partial charge is 0.498 e. The molecule has 2 N–H and O–H groups in total. The predicted octanol–water partition coefficient (Wildman–Crippen LogP) is 1.48. The van der Waals surface area contributed by atoms with Crippen LogP contribution >= 0.6 is 0 Å². The van der Waals surface area contributed by atoms with Crippen molar-refractivity contribution < 1.29 is 18.8 Å². The number of esters is 1. The summed E-state index contributed by atoms with van der Waals surface area (Å²) in [5.41, 5.74) is 5.20. The summed E-state index contributed by atoms with van der Waals surface area (Å²) in [7, 11) is -0.741. The van der Waals surface area contributed by atoms with Crippen LogP contribution in [0, 0.1) is 0 Å². The summed E-state index contributed by atoms with van der Waals surface area (Å²) in [6.07, 6.45) is 1.30. The maximum Gasteiger partial charge on any atom is 0.498 e. The normalized spacial score (nSPS) is 21.5.